The lowest BCUT2D eigenvalue weighted by molar-refractivity contribution is 0.0697. The van der Waals surface area contributed by atoms with Crippen LogP contribution in [0.5, 0.6) is 11.5 Å². The average molecular weight is 501 g/mol. The average Bonchev–Trinajstić information content (AvgIpc) is 2.93. The molecule has 3 aromatic carbocycles. The summed E-state index contributed by atoms with van der Waals surface area (Å²) in [4.78, 5) is 18.1. The van der Waals surface area contributed by atoms with E-state index in [0.29, 0.717) is 24.5 Å². The van der Waals surface area contributed by atoms with Crippen LogP contribution < -0.4 is 14.4 Å². The maximum Gasteiger partial charge on any atom is 0.335 e. The van der Waals surface area contributed by atoms with E-state index < -0.39 is 5.97 Å². The smallest absolute Gasteiger partial charge is 0.335 e. The summed E-state index contributed by atoms with van der Waals surface area (Å²) < 4.78 is 17.5. The van der Waals surface area contributed by atoms with E-state index in [4.69, 9.17) is 19.3 Å². The van der Waals surface area contributed by atoms with Gasteiger partial charge in [-0.05, 0) is 73.0 Å². The quantitative estimate of drug-likeness (QED) is 0.270. The first kappa shape index (κ1) is 26.0. The number of ether oxygens (including phenoxy) is 3. The zero-order chi connectivity index (χ0) is 26.0. The number of benzene rings is 3. The summed E-state index contributed by atoms with van der Waals surface area (Å²) in [5.41, 5.74) is 4.98. The number of rotatable bonds is 11. The van der Waals surface area contributed by atoms with E-state index >= 15 is 0 Å². The van der Waals surface area contributed by atoms with Gasteiger partial charge in [-0.2, -0.15) is 0 Å². The second kappa shape index (κ2) is 12.7. The van der Waals surface area contributed by atoms with Crippen molar-refractivity contribution < 1.29 is 24.1 Å². The molecule has 1 saturated heterocycles. The van der Waals surface area contributed by atoms with Gasteiger partial charge in [0.25, 0.3) is 0 Å². The van der Waals surface area contributed by atoms with Gasteiger partial charge >= 0.3 is 5.97 Å². The molecule has 0 bridgehead atoms. The molecule has 0 amide bonds. The van der Waals surface area contributed by atoms with Gasteiger partial charge in [0.2, 0.25) is 0 Å². The highest BCUT2D eigenvalue weighted by atomic mass is 16.5. The molecule has 0 spiro atoms. The lowest BCUT2D eigenvalue weighted by atomic mass is 10.1. The molecule has 7 heteroatoms. The summed E-state index contributed by atoms with van der Waals surface area (Å²) in [6, 6.07) is 18.8. The van der Waals surface area contributed by atoms with Crippen molar-refractivity contribution in [3.63, 3.8) is 0 Å². The van der Waals surface area contributed by atoms with E-state index in [1.807, 2.05) is 43.5 Å². The Kier molecular flexibility index (Phi) is 8.94. The van der Waals surface area contributed by atoms with Crippen molar-refractivity contribution in [2.75, 3.05) is 37.8 Å². The Morgan fingerprint density at radius 3 is 2.46 bits per heavy atom. The standard InChI is InChI=1S/C30H32N2O5/c1-3-5-25-18-23(20-31-26-10-12-27(13-11-26)32-14-16-35-17-15-32)19-28(36-4-2)29(25)37-21-22-6-8-24(9-7-22)30(33)34/h3,6-13,18-20H,1,4-5,14-17,21H2,2H3,(H,33,34). The van der Waals surface area contributed by atoms with E-state index in [9.17, 15) is 4.79 Å². The van der Waals surface area contributed by atoms with Crippen LogP contribution in [0, 0.1) is 0 Å². The first-order valence-corrected chi connectivity index (χ1v) is 12.4. The number of carbonyl (C=O) groups is 1. The van der Waals surface area contributed by atoms with Crippen molar-refractivity contribution in [3.8, 4) is 11.5 Å². The number of allylic oxidation sites excluding steroid dienone is 1. The fourth-order valence-electron chi connectivity index (χ4n) is 4.11. The Morgan fingerprint density at radius 1 is 1.08 bits per heavy atom. The number of hydrogen-bond acceptors (Lipinski definition) is 6. The number of morpholine rings is 1. The van der Waals surface area contributed by atoms with Crippen LogP contribution >= 0.6 is 0 Å². The van der Waals surface area contributed by atoms with Crippen molar-refractivity contribution >= 4 is 23.6 Å². The summed E-state index contributed by atoms with van der Waals surface area (Å²) >= 11 is 0. The van der Waals surface area contributed by atoms with Crippen LogP contribution in [0.1, 0.15) is 34.0 Å². The predicted molar refractivity (Wildman–Crippen MR) is 146 cm³/mol. The third-order valence-corrected chi connectivity index (χ3v) is 5.99. The minimum Gasteiger partial charge on any atom is -0.490 e. The zero-order valence-electron chi connectivity index (χ0n) is 21.1. The molecule has 192 valence electrons. The first-order valence-electron chi connectivity index (χ1n) is 12.4. The highest BCUT2D eigenvalue weighted by Crippen LogP contribution is 2.34. The van der Waals surface area contributed by atoms with Gasteiger partial charge in [-0.25, -0.2) is 4.79 Å². The van der Waals surface area contributed by atoms with Gasteiger partial charge in [0.05, 0.1) is 31.1 Å². The molecule has 37 heavy (non-hydrogen) atoms. The van der Waals surface area contributed by atoms with Crippen LogP contribution in [-0.4, -0.2) is 50.2 Å². The monoisotopic (exact) mass is 500 g/mol. The van der Waals surface area contributed by atoms with Crippen LogP contribution in [0.15, 0.2) is 78.3 Å². The summed E-state index contributed by atoms with van der Waals surface area (Å²) in [6.07, 6.45) is 4.25. The number of nitrogens with zero attached hydrogens (tertiary/aromatic N) is 2. The van der Waals surface area contributed by atoms with Gasteiger partial charge in [-0.1, -0.05) is 18.2 Å². The normalized spacial score (nSPS) is 13.5. The SMILES string of the molecule is C=CCc1cc(C=Nc2ccc(N3CCOCC3)cc2)cc(OCC)c1OCc1ccc(C(=O)O)cc1. The molecule has 0 radical (unpaired) electrons. The second-order valence-corrected chi connectivity index (χ2v) is 8.60. The van der Waals surface area contributed by atoms with Gasteiger partial charge in [0.1, 0.15) is 6.61 Å². The molecule has 1 fully saturated rings. The van der Waals surface area contributed by atoms with E-state index in [1.165, 1.54) is 5.69 Å². The maximum absolute atomic E-state index is 11.1. The van der Waals surface area contributed by atoms with Crippen molar-refractivity contribution in [2.24, 2.45) is 4.99 Å². The van der Waals surface area contributed by atoms with Crippen molar-refractivity contribution in [2.45, 2.75) is 20.0 Å². The van der Waals surface area contributed by atoms with Crippen molar-refractivity contribution in [3.05, 3.63) is 95.6 Å². The lowest BCUT2D eigenvalue weighted by Gasteiger charge is -2.28. The van der Waals surface area contributed by atoms with Gasteiger partial charge in [-0.15, -0.1) is 6.58 Å². The number of aromatic carboxylic acids is 1. The molecule has 0 atom stereocenters. The summed E-state index contributed by atoms with van der Waals surface area (Å²) in [7, 11) is 0. The second-order valence-electron chi connectivity index (χ2n) is 8.60. The molecular formula is C30H32N2O5. The lowest BCUT2D eigenvalue weighted by Crippen LogP contribution is -2.36. The summed E-state index contributed by atoms with van der Waals surface area (Å²) in [6.45, 7) is 9.90. The van der Waals surface area contributed by atoms with Crippen molar-refractivity contribution in [1.82, 2.24) is 0 Å². The van der Waals surface area contributed by atoms with E-state index in [-0.39, 0.29) is 12.2 Å². The fraction of sp³-hybridized carbons (Fsp3) is 0.267. The molecule has 4 rings (SSSR count). The fourth-order valence-corrected chi connectivity index (χ4v) is 4.11. The largest absolute Gasteiger partial charge is 0.490 e. The Bertz CT molecular complexity index is 1230. The van der Waals surface area contributed by atoms with Crippen LogP contribution in [0.3, 0.4) is 0 Å². The Balaban J connectivity index is 1.52. The molecular weight excluding hydrogens is 468 g/mol. The number of anilines is 1. The summed E-state index contributed by atoms with van der Waals surface area (Å²) in [5, 5.41) is 9.11. The number of carboxylic acid groups (broad SMARTS) is 1. The van der Waals surface area contributed by atoms with Gasteiger partial charge in [-0.3, -0.25) is 4.99 Å². The first-order chi connectivity index (χ1) is 18.1. The van der Waals surface area contributed by atoms with Gasteiger partial charge in [0.15, 0.2) is 11.5 Å². The zero-order valence-corrected chi connectivity index (χ0v) is 21.1. The molecule has 1 aliphatic rings. The minimum atomic E-state index is -0.954. The van der Waals surface area contributed by atoms with E-state index in [2.05, 4.69) is 28.6 Å². The minimum absolute atomic E-state index is 0.241. The number of aliphatic imine (C=N–C) groups is 1. The van der Waals surface area contributed by atoms with Crippen LogP contribution in [0.4, 0.5) is 11.4 Å². The molecule has 1 aliphatic heterocycles. The van der Waals surface area contributed by atoms with Gasteiger partial charge < -0.3 is 24.2 Å². The molecule has 0 aliphatic carbocycles. The Hall–Kier alpha value is -4.10. The molecule has 1 heterocycles. The third-order valence-electron chi connectivity index (χ3n) is 5.99. The maximum atomic E-state index is 11.1. The number of carboxylic acids is 1. The van der Waals surface area contributed by atoms with Crippen LogP contribution in [-0.2, 0) is 17.8 Å². The molecule has 3 aromatic rings. The Labute approximate surface area is 217 Å². The van der Waals surface area contributed by atoms with E-state index in [1.54, 1.807) is 24.3 Å². The van der Waals surface area contributed by atoms with Crippen molar-refractivity contribution in [1.29, 1.82) is 0 Å². The number of hydrogen-bond donors (Lipinski definition) is 1. The third kappa shape index (κ3) is 6.98. The molecule has 0 aromatic heterocycles. The Morgan fingerprint density at radius 2 is 1.81 bits per heavy atom. The van der Waals surface area contributed by atoms with E-state index in [0.717, 1.165) is 48.7 Å². The molecule has 7 nitrogen and oxygen atoms in total. The highest BCUT2D eigenvalue weighted by Gasteiger charge is 2.14. The topological polar surface area (TPSA) is 80.6 Å². The van der Waals surface area contributed by atoms with Gasteiger partial charge in [0, 0.05) is 30.6 Å². The predicted octanol–water partition coefficient (Wildman–Crippen LogP) is 5.68. The molecule has 0 unspecified atom stereocenters. The van der Waals surface area contributed by atoms with Crippen LogP contribution in [0.25, 0.3) is 0 Å². The molecule has 0 saturated carbocycles. The molecule has 1 N–H and O–H groups in total. The van der Waals surface area contributed by atoms with Crippen LogP contribution in [0.2, 0.25) is 0 Å². The highest BCUT2D eigenvalue weighted by molar-refractivity contribution is 5.87. The summed E-state index contributed by atoms with van der Waals surface area (Å²) in [5.74, 6) is 0.328.